The van der Waals surface area contributed by atoms with Crippen LogP contribution in [0.2, 0.25) is 0 Å². The fraction of sp³-hybridized carbons (Fsp3) is 0.364. The van der Waals surface area contributed by atoms with Crippen LogP contribution in [0.5, 0.6) is 0 Å². The molecule has 0 saturated carbocycles. The van der Waals surface area contributed by atoms with Crippen LogP contribution in [0.4, 0.5) is 11.4 Å². The van der Waals surface area contributed by atoms with Crippen LogP contribution in [-0.2, 0) is 31.1 Å². The number of nitrogens with one attached hydrogen (secondary N) is 1. The first kappa shape index (κ1) is 36.0. The van der Waals surface area contributed by atoms with Crippen molar-refractivity contribution in [1.29, 1.82) is 0 Å². The summed E-state index contributed by atoms with van der Waals surface area (Å²) in [5, 5.41) is 0.569. The minimum Gasteiger partial charge on any atom is -0.744 e. The van der Waals surface area contributed by atoms with Crippen LogP contribution in [0.3, 0.4) is 0 Å². The summed E-state index contributed by atoms with van der Waals surface area (Å²) in [5.41, 5.74) is 5.49. The first-order chi connectivity index (χ1) is 20.4. The molecule has 0 saturated heterocycles. The fourth-order valence-electron chi connectivity index (χ4n) is 6.89. The van der Waals surface area contributed by atoms with Gasteiger partial charge in [0, 0.05) is 28.3 Å². The van der Waals surface area contributed by atoms with Crippen LogP contribution in [0.1, 0.15) is 58.6 Å². The average molecular weight is 680 g/mol. The zero-order chi connectivity index (χ0) is 32.2. The number of benzene rings is 2. The van der Waals surface area contributed by atoms with Crippen molar-refractivity contribution in [3.8, 4) is 0 Å². The molecule has 1 N–H and O–H groups in total. The summed E-state index contributed by atoms with van der Waals surface area (Å²) >= 11 is 7.00. The standard InChI is InChI=1S/C33H37ClN2O6S2.Na/c1-22-18-23(14-16-29-32(2,3)25-10-6-8-12-27(25)35(29)20-43(37,38)39)31(34)24(19-22)15-17-30-33(4,5)26-11-7-9-13-28(26)36(30)21-44(40,41)42;/h6-17,22H,18-21H2,1-5H3,(H-,37,38,39,40,41,42);/q;+1. The second-order valence-electron chi connectivity index (χ2n) is 13.0. The molecule has 8 nitrogen and oxygen atoms in total. The second kappa shape index (κ2) is 13.0. The normalized spacial score (nSPS) is 24.4. The van der Waals surface area contributed by atoms with E-state index in [-0.39, 0.29) is 35.5 Å². The van der Waals surface area contributed by atoms with Crippen LogP contribution in [-0.4, -0.2) is 48.0 Å². The van der Waals surface area contributed by atoms with E-state index in [0.717, 1.165) is 33.7 Å². The van der Waals surface area contributed by atoms with Gasteiger partial charge in [0.25, 0.3) is 0 Å². The third-order valence-corrected chi connectivity index (χ3v) is 10.6. The molecular weight excluding hydrogens is 643 g/mol. The smallest absolute Gasteiger partial charge is 0.744 e. The van der Waals surface area contributed by atoms with Crippen molar-refractivity contribution in [3.63, 3.8) is 0 Å². The summed E-state index contributed by atoms with van der Waals surface area (Å²) in [6.07, 6.45) is 8.99. The van der Waals surface area contributed by atoms with Gasteiger partial charge in [-0.15, -0.1) is 0 Å². The molecule has 2 aromatic carbocycles. The molecule has 2 heterocycles. The molecule has 234 valence electrons. The Kier molecular flexibility index (Phi) is 10.4. The van der Waals surface area contributed by atoms with E-state index < -0.39 is 42.8 Å². The van der Waals surface area contributed by atoms with Crippen LogP contribution in [0.15, 0.2) is 94.7 Å². The van der Waals surface area contributed by atoms with Crippen molar-refractivity contribution in [2.24, 2.45) is 5.92 Å². The number of allylic oxidation sites excluding steroid dienone is 8. The van der Waals surface area contributed by atoms with Gasteiger partial charge in [-0.25, -0.2) is 16.8 Å². The molecule has 0 radical (unpaired) electrons. The van der Waals surface area contributed by atoms with Gasteiger partial charge in [-0.2, -0.15) is 4.58 Å². The van der Waals surface area contributed by atoms with E-state index in [9.17, 15) is 25.9 Å². The second-order valence-corrected chi connectivity index (χ2v) is 16.1. The Morgan fingerprint density at radius 1 is 0.889 bits per heavy atom. The first-order valence-electron chi connectivity index (χ1n) is 14.5. The summed E-state index contributed by atoms with van der Waals surface area (Å²) in [4.78, 5) is 0.509. The van der Waals surface area contributed by atoms with Crippen molar-refractivity contribution < 1.29 is 65.0 Å². The molecule has 12 heteroatoms. The fourth-order valence-corrected chi connectivity index (χ4v) is 8.43. The Morgan fingerprint density at radius 3 is 2.16 bits per heavy atom. The number of hydrogen-bond donors (Lipinski definition) is 1. The van der Waals surface area contributed by atoms with Crippen molar-refractivity contribution in [2.45, 2.75) is 58.3 Å². The predicted octanol–water partition coefficient (Wildman–Crippen LogP) is 1.87. The Morgan fingerprint density at radius 2 is 1.51 bits per heavy atom. The van der Waals surface area contributed by atoms with Gasteiger partial charge in [0.05, 0.1) is 10.8 Å². The summed E-state index contributed by atoms with van der Waals surface area (Å²) < 4.78 is 72.8. The maximum Gasteiger partial charge on any atom is 1.00 e. The van der Waals surface area contributed by atoms with Crippen molar-refractivity contribution in [3.05, 3.63) is 106 Å². The SMILES string of the molecule is CC1CC(/C=C/C2=[N+](CS(=O)(=O)[O-])c3ccccc3C2(C)C)=C(Cl)C(=C/C=C2/[NH+](CS(=O)(=O)[O-])c3ccccc3C2(C)C)/C1.[Na+]. The van der Waals surface area contributed by atoms with E-state index in [0.29, 0.717) is 34.2 Å². The molecule has 3 aliphatic rings. The molecule has 0 fully saturated rings. The monoisotopic (exact) mass is 679 g/mol. The molecule has 0 aromatic heterocycles. The van der Waals surface area contributed by atoms with Crippen LogP contribution >= 0.6 is 11.6 Å². The van der Waals surface area contributed by atoms with Gasteiger partial charge < -0.3 is 9.11 Å². The molecule has 0 spiro atoms. The molecule has 5 rings (SSSR count). The molecule has 2 aliphatic heterocycles. The van der Waals surface area contributed by atoms with E-state index in [1.54, 1.807) is 4.58 Å². The van der Waals surface area contributed by atoms with Gasteiger partial charge in [0.1, 0.15) is 21.5 Å². The summed E-state index contributed by atoms with van der Waals surface area (Å²) in [7, 11) is -9.08. The van der Waals surface area contributed by atoms with Gasteiger partial charge in [0.2, 0.25) is 11.6 Å². The quantitative estimate of drug-likeness (QED) is 0.271. The number of rotatable bonds is 7. The van der Waals surface area contributed by atoms with Crippen molar-refractivity contribution in [1.82, 2.24) is 0 Å². The molecule has 2 atom stereocenters. The van der Waals surface area contributed by atoms with Gasteiger partial charge in [-0.1, -0.05) is 67.1 Å². The zero-order valence-electron chi connectivity index (χ0n) is 26.4. The molecule has 2 aromatic rings. The Hall–Kier alpha value is -1.86. The number of hydrogen-bond acceptors (Lipinski definition) is 6. The molecule has 1 aliphatic carbocycles. The summed E-state index contributed by atoms with van der Waals surface area (Å²) in [6, 6.07) is 15.0. The van der Waals surface area contributed by atoms with Gasteiger partial charge >= 0.3 is 29.6 Å². The van der Waals surface area contributed by atoms with E-state index in [1.807, 2.05) is 101 Å². The number of nitrogens with zero attached hydrogens (tertiary/aromatic N) is 1. The third-order valence-electron chi connectivity index (χ3n) is 8.93. The summed E-state index contributed by atoms with van der Waals surface area (Å²) in [5.74, 6) is -1.02. The number of para-hydroxylation sites is 2. The topological polar surface area (TPSA) is 122 Å². The Labute approximate surface area is 293 Å². The summed E-state index contributed by atoms with van der Waals surface area (Å²) in [6.45, 7) is 10.1. The Bertz CT molecular complexity index is 1910. The molecule has 2 unspecified atom stereocenters. The number of halogens is 1. The molecule has 45 heavy (non-hydrogen) atoms. The number of fused-ring (bicyclic) bond motifs is 2. The van der Waals surface area contributed by atoms with Crippen molar-refractivity contribution >= 4 is 48.9 Å². The third kappa shape index (κ3) is 7.35. The molecular formula is C33H37ClN2NaO6S2+. The van der Waals surface area contributed by atoms with Crippen LogP contribution < -0.4 is 34.5 Å². The predicted molar refractivity (Wildman–Crippen MR) is 170 cm³/mol. The first-order valence-corrected chi connectivity index (χ1v) is 18.0. The number of quaternary nitrogens is 1. The largest absolute Gasteiger partial charge is 1.00 e. The maximum absolute atomic E-state index is 11.9. The minimum atomic E-state index is -4.56. The van der Waals surface area contributed by atoms with Crippen molar-refractivity contribution in [2.75, 3.05) is 11.8 Å². The van der Waals surface area contributed by atoms with E-state index in [1.165, 1.54) is 0 Å². The van der Waals surface area contributed by atoms with Gasteiger partial charge in [0.15, 0.2) is 21.7 Å². The van der Waals surface area contributed by atoms with Crippen LogP contribution in [0.25, 0.3) is 0 Å². The Balaban J connectivity index is 0.00000461. The molecule has 0 bridgehead atoms. The van der Waals surface area contributed by atoms with Gasteiger partial charge in [-0.05, 0) is 69.7 Å². The molecule has 0 amide bonds. The van der Waals surface area contributed by atoms with Gasteiger partial charge in [-0.3, -0.25) is 4.90 Å². The zero-order valence-corrected chi connectivity index (χ0v) is 30.8. The van der Waals surface area contributed by atoms with E-state index >= 15 is 0 Å². The minimum absolute atomic E-state index is 0. The van der Waals surface area contributed by atoms with Crippen LogP contribution in [0, 0.1) is 5.92 Å². The maximum atomic E-state index is 11.9. The average Bonchev–Trinajstić information content (AvgIpc) is 3.25. The van der Waals surface area contributed by atoms with E-state index in [2.05, 4.69) is 6.92 Å². The van der Waals surface area contributed by atoms with E-state index in [4.69, 9.17) is 11.6 Å².